The minimum atomic E-state index is -0.244. The molecule has 1 aliphatic rings. The van der Waals surface area contributed by atoms with Gasteiger partial charge in [-0.3, -0.25) is 0 Å². The second-order valence-corrected chi connectivity index (χ2v) is 10.3. The molecular weight excluding hydrogens is 364 g/mol. The molecular formula is C20H32N2O2S2. The fourth-order valence-corrected chi connectivity index (χ4v) is 5.61. The number of nitrogens with one attached hydrogen (secondary N) is 2. The maximum atomic E-state index is 12.5. The smallest absolute Gasteiger partial charge is 0.341 e. The van der Waals surface area contributed by atoms with E-state index in [-0.39, 0.29) is 16.9 Å². The minimum Gasteiger partial charge on any atom is -0.462 e. The predicted octanol–water partition coefficient (Wildman–Crippen LogP) is 5.30. The van der Waals surface area contributed by atoms with Crippen LogP contribution in [0.15, 0.2) is 0 Å². The van der Waals surface area contributed by atoms with Crippen molar-refractivity contribution in [3.63, 3.8) is 0 Å². The lowest BCUT2D eigenvalue weighted by molar-refractivity contribution is 0.0526. The Kier molecular flexibility index (Phi) is 6.72. The standard InChI is InChI=1S/C20H32N2O2S2/c1-7-24-17(23)15-13-10-8-9-11-14(13)26-16(15)21-18(25)22-20(5,6)12-19(2,3)4/h7-12H2,1-6H3,(H2,21,22,25). The van der Waals surface area contributed by atoms with Crippen molar-refractivity contribution < 1.29 is 9.53 Å². The average molecular weight is 397 g/mol. The highest BCUT2D eigenvalue weighted by atomic mass is 32.1. The molecule has 1 aliphatic carbocycles. The second-order valence-electron chi connectivity index (χ2n) is 8.84. The van der Waals surface area contributed by atoms with E-state index in [4.69, 9.17) is 17.0 Å². The molecule has 6 heteroatoms. The summed E-state index contributed by atoms with van der Waals surface area (Å²) < 4.78 is 5.31. The number of thiophene rings is 1. The second kappa shape index (κ2) is 8.26. The van der Waals surface area contributed by atoms with Crippen LogP contribution in [0, 0.1) is 5.41 Å². The van der Waals surface area contributed by atoms with Crippen LogP contribution in [0.3, 0.4) is 0 Å². The van der Waals surface area contributed by atoms with Crippen molar-refractivity contribution in [3.05, 3.63) is 16.0 Å². The zero-order chi connectivity index (χ0) is 19.5. The van der Waals surface area contributed by atoms with Crippen molar-refractivity contribution in [1.82, 2.24) is 5.32 Å². The average Bonchev–Trinajstić information content (AvgIpc) is 2.81. The summed E-state index contributed by atoms with van der Waals surface area (Å²) in [7, 11) is 0. The third-order valence-corrected chi connectivity index (χ3v) is 5.71. The molecule has 0 aliphatic heterocycles. The van der Waals surface area contributed by atoms with E-state index in [0.29, 0.717) is 17.3 Å². The lowest BCUT2D eigenvalue weighted by atomic mass is 9.82. The Morgan fingerprint density at radius 3 is 2.46 bits per heavy atom. The van der Waals surface area contributed by atoms with E-state index in [2.05, 4.69) is 45.3 Å². The molecule has 0 radical (unpaired) electrons. The van der Waals surface area contributed by atoms with E-state index < -0.39 is 0 Å². The molecule has 0 bridgehead atoms. The van der Waals surface area contributed by atoms with Crippen LogP contribution < -0.4 is 10.6 Å². The Morgan fingerprint density at radius 1 is 1.19 bits per heavy atom. The Morgan fingerprint density at radius 2 is 1.85 bits per heavy atom. The van der Waals surface area contributed by atoms with E-state index >= 15 is 0 Å². The molecule has 0 saturated carbocycles. The molecule has 0 spiro atoms. The molecule has 146 valence electrons. The highest BCUT2D eigenvalue weighted by molar-refractivity contribution is 7.80. The number of hydrogen-bond acceptors (Lipinski definition) is 4. The van der Waals surface area contributed by atoms with Gasteiger partial charge < -0.3 is 15.4 Å². The summed E-state index contributed by atoms with van der Waals surface area (Å²) in [5.74, 6) is -0.244. The number of aryl methyl sites for hydroxylation is 1. The third-order valence-electron chi connectivity index (χ3n) is 4.30. The van der Waals surface area contributed by atoms with Crippen molar-refractivity contribution in [1.29, 1.82) is 0 Å². The van der Waals surface area contributed by atoms with E-state index in [1.165, 1.54) is 11.3 Å². The van der Waals surface area contributed by atoms with E-state index in [0.717, 1.165) is 36.2 Å². The maximum absolute atomic E-state index is 12.5. The molecule has 0 saturated heterocycles. The molecule has 0 fully saturated rings. The SMILES string of the molecule is CCOC(=O)c1c(NC(=S)NC(C)(C)CC(C)(C)C)sc2c1CCCC2. The fraction of sp³-hybridized carbons (Fsp3) is 0.700. The summed E-state index contributed by atoms with van der Waals surface area (Å²) in [6.07, 6.45) is 5.25. The lowest BCUT2D eigenvalue weighted by Gasteiger charge is -2.34. The van der Waals surface area contributed by atoms with Crippen LogP contribution in [-0.2, 0) is 17.6 Å². The quantitative estimate of drug-likeness (QED) is 0.522. The highest BCUT2D eigenvalue weighted by Gasteiger charge is 2.29. The number of esters is 1. The molecule has 0 amide bonds. The van der Waals surface area contributed by atoms with Crippen LogP contribution in [0.2, 0.25) is 0 Å². The zero-order valence-electron chi connectivity index (χ0n) is 16.9. The van der Waals surface area contributed by atoms with Crippen molar-refractivity contribution in [2.45, 2.75) is 79.2 Å². The minimum absolute atomic E-state index is 0.136. The molecule has 4 nitrogen and oxygen atoms in total. The van der Waals surface area contributed by atoms with Crippen LogP contribution in [0.25, 0.3) is 0 Å². The van der Waals surface area contributed by atoms with Gasteiger partial charge in [0.2, 0.25) is 0 Å². The van der Waals surface area contributed by atoms with Gasteiger partial charge in [-0.15, -0.1) is 11.3 Å². The van der Waals surface area contributed by atoms with Crippen LogP contribution in [0.5, 0.6) is 0 Å². The first-order valence-corrected chi connectivity index (χ1v) is 10.7. The van der Waals surface area contributed by atoms with Crippen LogP contribution in [0.1, 0.15) is 81.6 Å². The molecule has 0 atom stereocenters. The number of hydrogen-bond donors (Lipinski definition) is 2. The monoisotopic (exact) mass is 396 g/mol. The van der Waals surface area contributed by atoms with Crippen LogP contribution in [-0.4, -0.2) is 23.2 Å². The van der Waals surface area contributed by atoms with Crippen LogP contribution in [0.4, 0.5) is 5.00 Å². The van der Waals surface area contributed by atoms with Crippen molar-refractivity contribution in [2.75, 3.05) is 11.9 Å². The number of carbonyl (C=O) groups is 1. The summed E-state index contributed by atoms with van der Waals surface area (Å²) in [6, 6.07) is 0. The number of anilines is 1. The Hall–Kier alpha value is -1.14. The van der Waals surface area contributed by atoms with E-state index in [9.17, 15) is 4.79 Å². The molecule has 26 heavy (non-hydrogen) atoms. The topological polar surface area (TPSA) is 50.4 Å². The molecule has 2 N–H and O–H groups in total. The number of rotatable bonds is 5. The molecule has 1 heterocycles. The maximum Gasteiger partial charge on any atom is 0.341 e. The Balaban J connectivity index is 2.19. The summed E-state index contributed by atoms with van der Waals surface area (Å²) in [5.41, 5.74) is 1.90. The highest BCUT2D eigenvalue weighted by Crippen LogP contribution is 2.38. The molecule has 0 unspecified atom stereocenters. The van der Waals surface area contributed by atoms with Crippen LogP contribution >= 0.6 is 23.6 Å². The first kappa shape index (κ1) is 21.2. The van der Waals surface area contributed by atoms with Gasteiger partial charge in [-0.1, -0.05) is 20.8 Å². The van der Waals surface area contributed by atoms with Crippen molar-refractivity contribution in [3.8, 4) is 0 Å². The Labute approximate surface area is 167 Å². The van der Waals surface area contributed by atoms with Gasteiger partial charge in [0.05, 0.1) is 12.2 Å². The van der Waals surface area contributed by atoms with Crippen molar-refractivity contribution >= 4 is 39.6 Å². The van der Waals surface area contributed by atoms with Gasteiger partial charge in [0, 0.05) is 10.4 Å². The fourth-order valence-electron chi connectivity index (χ4n) is 3.88. The molecule has 2 rings (SSSR count). The van der Waals surface area contributed by atoms with Gasteiger partial charge >= 0.3 is 5.97 Å². The summed E-state index contributed by atoms with van der Waals surface area (Å²) in [4.78, 5) is 13.8. The zero-order valence-corrected chi connectivity index (χ0v) is 18.5. The van der Waals surface area contributed by atoms with E-state index in [1.54, 1.807) is 11.3 Å². The van der Waals surface area contributed by atoms with Gasteiger partial charge in [0.25, 0.3) is 0 Å². The third kappa shape index (κ3) is 5.68. The Bertz CT molecular complexity index is 672. The van der Waals surface area contributed by atoms with Gasteiger partial charge in [-0.25, -0.2) is 4.79 Å². The number of fused-ring (bicyclic) bond motifs is 1. The van der Waals surface area contributed by atoms with Gasteiger partial charge in [-0.2, -0.15) is 0 Å². The normalized spacial score (nSPS) is 14.5. The summed E-state index contributed by atoms with van der Waals surface area (Å²) >= 11 is 7.20. The largest absolute Gasteiger partial charge is 0.462 e. The first-order valence-electron chi connectivity index (χ1n) is 9.43. The van der Waals surface area contributed by atoms with Gasteiger partial charge in [0.15, 0.2) is 5.11 Å². The molecule has 1 aromatic rings. The van der Waals surface area contributed by atoms with Gasteiger partial charge in [0.1, 0.15) is 5.00 Å². The summed E-state index contributed by atoms with van der Waals surface area (Å²) in [6.45, 7) is 13.2. The number of carbonyl (C=O) groups excluding carboxylic acids is 1. The summed E-state index contributed by atoms with van der Waals surface area (Å²) in [5, 5.41) is 8.08. The molecule has 1 aromatic heterocycles. The van der Waals surface area contributed by atoms with E-state index in [1.807, 2.05) is 6.92 Å². The first-order chi connectivity index (χ1) is 12.0. The molecule has 0 aromatic carbocycles. The van der Waals surface area contributed by atoms with Crippen molar-refractivity contribution in [2.24, 2.45) is 5.41 Å². The number of thiocarbonyl (C=S) groups is 1. The predicted molar refractivity (Wildman–Crippen MR) is 114 cm³/mol. The number of ether oxygens (including phenoxy) is 1. The lowest BCUT2D eigenvalue weighted by Crippen LogP contribution is -2.47. The van der Waals surface area contributed by atoms with Gasteiger partial charge in [-0.05, 0) is 76.1 Å².